The summed E-state index contributed by atoms with van der Waals surface area (Å²) in [6.45, 7) is 0. The lowest BCUT2D eigenvalue weighted by Crippen LogP contribution is -1.97. The Labute approximate surface area is 79.7 Å². The van der Waals surface area contributed by atoms with Crippen molar-refractivity contribution < 1.29 is 4.84 Å². The van der Waals surface area contributed by atoms with Gasteiger partial charge >= 0.3 is 0 Å². The van der Waals surface area contributed by atoms with Crippen LogP contribution in [0.4, 0.5) is 0 Å². The van der Waals surface area contributed by atoms with Crippen molar-refractivity contribution in [3.05, 3.63) is 11.1 Å². The molecule has 2 rings (SSSR count). The van der Waals surface area contributed by atoms with Crippen LogP contribution in [0.3, 0.4) is 0 Å². The second-order valence-corrected chi connectivity index (χ2v) is 3.86. The van der Waals surface area contributed by atoms with Crippen LogP contribution in [0.1, 0.15) is 44.9 Å². The van der Waals surface area contributed by atoms with Crippen molar-refractivity contribution in [3.63, 3.8) is 0 Å². The fraction of sp³-hybridized carbons (Fsp3) is 0.727. The molecule has 0 N–H and O–H groups in total. The molecule has 0 aromatic heterocycles. The molecule has 0 atom stereocenters. The van der Waals surface area contributed by atoms with Gasteiger partial charge in [0, 0.05) is 0 Å². The lowest BCUT2D eigenvalue weighted by Gasteiger charge is -2.03. The normalized spacial score (nSPS) is 26.1. The zero-order valence-corrected chi connectivity index (χ0v) is 8.31. The van der Waals surface area contributed by atoms with Gasteiger partial charge in [-0.05, 0) is 50.5 Å². The molecular weight excluding hydrogens is 162 g/mol. The minimum atomic E-state index is 1.12. The monoisotopic (exact) mass is 179 g/mol. The van der Waals surface area contributed by atoms with Crippen molar-refractivity contribution in [3.8, 4) is 0 Å². The minimum Gasteiger partial charge on any atom is -0.399 e. The van der Waals surface area contributed by atoms with Gasteiger partial charge in [-0.2, -0.15) is 0 Å². The Bertz CT molecular complexity index is 245. The molecule has 0 spiro atoms. The molecule has 2 aliphatic rings. The van der Waals surface area contributed by atoms with Crippen LogP contribution in [-0.4, -0.2) is 12.8 Å². The van der Waals surface area contributed by atoms with E-state index in [1.807, 2.05) is 0 Å². The third-order valence-corrected chi connectivity index (χ3v) is 3.02. The van der Waals surface area contributed by atoms with E-state index < -0.39 is 0 Å². The van der Waals surface area contributed by atoms with Gasteiger partial charge in [-0.15, -0.1) is 0 Å². The topological polar surface area (TPSA) is 21.6 Å². The molecule has 0 aliphatic heterocycles. The van der Waals surface area contributed by atoms with Crippen molar-refractivity contribution in [2.24, 2.45) is 5.16 Å². The second kappa shape index (κ2) is 3.95. The van der Waals surface area contributed by atoms with Crippen molar-refractivity contribution >= 4 is 5.71 Å². The van der Waals surface area contributed by atoms with Gasteiger partial charge in [0.25, 0.3) is 0 Å². The molecule has 2 nitrogen and oxygen atoms in total. The van der Waals surface area contributed by atoms with Crippen LogP contribution in [0, 0.1) is 0 Å². The molecule has 0 aromatic carbocycles. The number of rotatable bonds is 1. The first-order valence-corrected chi connectivity index (χ1v) is 5.23. The SMILES string of the molecule is CO/N=C1/CCCC1=C1CCCC1. The average molecular weight is 179 g/mol. The third-order valence-electron chi connectivity index (χ3n) is 3.02. The molecule has 0 saturated heterocycles. The maximum Gasteiger partial charge on any atom is 0.106 e. The van der Waals surface area contributed by atoms with E-state index in [0.29, 0.717) is 0 Å². The Hall–Kier alpha value is -0.790. The van der Waals surface area contributed by atoms with Crippen LogP contribution in [0.2, 0.25) is 0 Å². The summed E-state index contributed by atoms with van der Waals surface area (Å²) in [7, 11) is 1.64. The van der Waals surface area contributed by atoms with Gasteiger partial charge in [0.15, 0.2) is 0 Å². The highest BCUT2D eigenvalue weighted by molar-refractivity contribution is 6.02. The molecule has 72 valence electrons. The average Bonchev–Trinajstić information content (AvgIpc) is 2.71. The van der Waals surface area contributed by atoms with Gasteiger partial charge in [-0.3, -0.25) is 0 Å². The van der Waals surface area contributed by atoms with Crippen molar-refractivity contribution in [2.45, 2.75) is 44.9 Å². The van der Waals surface area contributed by atoms with Crippen LogP contribution in [0.5, 0.6) is 0 Å². The van der Waals surface area contributed by atoms with E-state index >= 15 is 0 Å². The summed E-state index contributed by atoms with van der Waals surface area (Å²) in [6.07, 6.45) is 8.97. The van der Waals surface area contributed by atoms with Crippen LogP contribution >= 0.6 is 0 Å². The molecule has 2 fully saturated rings. The Morgan fingerprint density at radius 2 is 1.77 bits per heavy atom. The largest absolute Gasteiger partial charge is 0.399 e. The number of hydrogen-bond donors (Lipinski definition) is 0. The molecule has 0 unspecified atom stereocenters. The standard InChI is InChI=1S/C11H17NO/c1-13-12-11-8-4-7-10(11)9-5-2-3-6-9/h2-8H2,1H3/b12-11-. The zero-order chi connectivity index (χ0) is 9.10. The number of allylic oxidation sites excluding steroid dienone is 2. The fourth-order valence-corrected chi connectivity index (χ4v) is 2.42. The van der Waals surface area contributed by atoms with E-state index in [-0.39, 0.29) is 0 Å². The summed E-state index contributed by atoms with van der Waals surface area (Å²) in [4.78, 5) is 4.87. The maximum absolute atomic E-state index is 4.87. The molecule has 0 heterocycles. The lowest BCUT2D eigenvalue weighted by atomic mass is 10.0. The number of hydrogen-bond acceptors (Lipinski definition) is 2. The first kappa shape index (κ1) is 8.79. The lowest BCUT2D eigenvalue weighted by molar-refractivity contribution is 0.213. The van der Waals surface area contributed by atoms with E-state index in [4.69, 9.17) is 4.84 Å². The van der Waals surface area contributed by atoms with Crippen LogP contribution in [0.15, 0.2) is 16.3 Å². The van der Waals surface area contributed by atoms with E-state index in [1.54, 1.807) is 12.7 Å². The highest BCUT2D eigenvalue weighted by Crippen LogP contribution is 2.33. The van der Waals surface area contributed by atoms with Crippen LogP contribution in [0.25, 0.3) is 0 Å². The van der Waals surface area contributed by atoms with E-state index in [2.05, 4.69) is 5.16 Å². The molecular formula is C11H17NO. The fourth-order valence-electron chi connectivity index (χ4n) is 2.42. The van der Waals surface area contributed by atoms with E-state index in [0.717, 1.165) is 6.42 Å². The summed E-state index contributed by atoms with van der Waals surface area (Å²) >= 11 is 0. The quantitative estimate of drug-likeness (QED) is 0.567. The molecule has 13 heavy (non-hydrogen) atoms. The molecule has 0 bridgehead atoms. The second-order valence-electron chi connectivity index (χ2n) is 3.86. The molecule has 0 aromatic rings. The van der Waals surface area contributed by atoms with E-state index in [9.17, 15) is 0 Å². The van der Waals surface area contributed by atoms with Crippen molar-refractivity contribution in [2.75, 3.05) is 7.11 Å². The predicted molar refractivity (Wildman–Crippen MR) is 53.8 cm³/mol. The minimum absolute atomic E-state index is 1.12. The Morgan fingerprint density at radius 3 is 2.46 bits per heavy atom. The summed E-state index contributed by atoms with van der Waals surface area (Å²) in [5.41, 5.74) is 4.41. The van der Waals surface area contributed by atoms with Crippen molar-refractivity contribution in [1.82, 2.24) is 0 Å². The third kappa shape index (κ3) is 1.77. The Morgan fingerprint density at radius 1 is 1.00 bits per heavy atom. The maximum atomic E-state index is 4.87. The summed E-state index contributed by atoms with van der Waals surface area (Å²) in [5.74, 6) is 0. The Balaban J connectivity index is 2.21. The highest BCUT2D eigenvalue weighted by Gasteiger charge is 2.21. The summed E-state index contributed by atoms with van der Waals surface area (Å²) in [6, 6.07) is 0. The first-order valence-electron chi connectivity index (χ1n) is 5.23. The van der Waals surface area contributed by atoms with Gasteiger partial charge < -0.3 is 4.84 Å². The van der Waals surface area contributed by atoms with Crippen molar-refractivity contribution in [1.29, 1.82) is 0 Å². The predicted octanol–water partition coefficient (Wildman–Crippen LogP) is 3.04. The first-order chi connectivity index (χ1) is 6.42. The van der Waals surface area contributed by atoms with Gasteiger partial charge in [0.2, 0.25) is 0 Å². The molecule has 2 saturated carbocycles. The van der Waals surface area contributed by atoms with Gasteiger partial charge in [0.1, 0.15) is 7.11 Å². The van der Waals surface area contributed by atoms with Crippen LogP contribution in [-0.2, 0) is 4.84 Å². The molecule has 0 amide bonds. The summed E-state index contributed by atoms with van der Waals surface area (Å²) < 4.78 is 0. The highest BCUT2D eigenvalue weighted by atomic mass is 16.6. The zero-order valence-electron chi connectivity index (χ0n) is 8.31. The summed E-state index contributed by atoms with van der Waals surface area (Å²) in [5, 5.41) is 4.11. The molecule has 0 radical (unpaired) electrons. The smallest absolute Gasteiger partial charge is 0.106 e. The molecule has 2 heteroatoms. The van der Waals surface area contributed by atoms with E-state index in [1.165, 1.54) is 49.8 Å². The molecule has 2 aliphatic carbocycles. The number of nitrogens with zero attached hydrogens (tertiary/aromatic N) is 1. The van der Waals surface area contributed by atoms with Gasteiger partial charge in [-0.25, -0.2) is 0 Å². The Kier molecular flexibility index (Phi) is 2.67. The number of oxime groups is 1. The van der Waals surface area contributed by atoms with Gasteiger partial charge in [0.05, 0.1) is 5.71 Å². The van der Waals surface area contributed by atoms with Gasteiger partial charge in [-0.1, -0.05) is 10.7 Å². The van der Waals surface area contributed by atoms with Crippen LogP contribution < -0.4 is 0 Å².